The van der Waals surface area contributed by atoms with Crippen LogP contribution in [0.3, 0.4) is 0 Å². The van der Waals surface area contributed by atoms with Crippen molar-refractivity contribution in [1.82, 2.24) is 5.32 Å². The number of benzene rings is 2. The molecule has 3 rings (SSSR count). The molecule has 1 heterocycles. The first-order chi connectivity index (χ1) is 10.3. The zero-order valence-corrected chi connectivity index (χ0v) is 12.9. The molecule has 21 heavy (non-hydrogen) atoms. The van der Waals surface area contributed by atoms with Crippen LogP contribution in [0, 0.1) is 6.92 Å². The summed E-state index contributed by atoms with van der Waals surface area (Å²) in [6, 6.07) is 15.8. The summed E-state index contributed by atoms with van der Waals surface area (Å²) < 4.78 is 5.61. The monoisotopic (exact) mass is 281 g/mol. The second kappa shape index (κ2) is 6.31. The van der Waals surface area contributed by atoms with E-state index in [0.29, 0.717) is 6.04 Å². The van der Waals surface area contributed by atoms with Crippen molar-refractivity contribution in [3.8, 4) is 5.75 Å². The Balaban J connectivity index is 1.84. The smallest absolute Gasteiger partial charge is 0.122 e. The highest BCUT2D eigenvalue weighted by molar-refractivity contribution is 5.41. The van der Waals surface area contributed by atoms with Gasteiger partial charge < -0.3 is 10.1 Å². The summed E-state index contributed by atoms with van der Waals surface area (Å²) in [4.78, 5) is 0. The average Bonchev–Trinajstić information content (AvgIpc) is 2.94. The first-order valence-electron chi connectivity index (χ1n) is 7.81. The minimum absolute atomic E-state index is 0.364. The summed E-state index contributed by atoms with van der Waals surface area (Å²) in [6.07, 6.45) is 2.06. The fourth-order valence-electron chi connectivity index (χ4n) is 3.05. The van der Waals surface area contributed by atoms with Gasteiger partial charge in [0.05, 0.1) is 6.61 Å². The first-order valence-corrected chi connectivity index (χ1v) is 7.81. The molecular formula is C19H23NO. The molecule has 1 aliphatic heterocycles. The van der Waals surface area contributed by atoms with Crippen LogP contribution in [0.4, 0.5) is 0 Å². The molecule has 1 aliphatic rings. The van der Waals surface area contributed by atoms with E-state index in [1.165, 1.54) is 22.3 Å². The van der Waals surface area contributed by atoms with Gasteiger partial charge in [-0.1, -0.05) is 48.9 Å². The van der Waals surface area contributed by atoms with E-state index in [1.807, 2.05) is 0 Å². The molecule has 0 amide bonds. The Morgan fingerprint density at radius 3 is 2.90 bits per heavy atom. The Hall–Kier alpha value is -1.80. The fraction of sp³-hybridized carbons (Fsp3) is 0.368. The fourth-order valence-corrected chi connectivity index (χ4v) is 3.05. The number of nitrogens with one attached hydrogen (secondary N) is 1. The van der Waals surface area contributed by atoms with Crippen molar-refractivity contribution < 1.29 is 4.74 Å². The summed E-state index contributed by atoms with van der Waals surface area (Å²) in [6.45, 7) is 6.12. The topological polar surface area (TPSA) is 21.3 Å². The Bertz CT molecular complexity index is 621. The molecule has 1 unspecified atom stereocenters. The quantitative estimate of drug-likeness (QED) is 0.899. The highest BCUT2D eigenvalue weighted by Gasteiger charge is 2.17. The van der Waals surface area contributed by atoms with Crippen molar-refractivity contribution in [2.24, 2.45) is 0 Å². The second-order valence-electron chi connectivity index (χ2n) is 5.77. The molecule has 0 aliphatic carbocycles. The lowest BCUT2D eigenvalue weighted by Gasteiger charge is -2.19. The predicted octanol–water partition coefficient (Wildman–Crippen LogP) is 3.82. The highest BCUT2D eigenvalue weighted by Crippen LogP contribution is 2.29. The molecule has 0 saturated carbocycles. The van der Waals surface area contributed by atoms with E-state index in [2.05, 4.69) is 61.6 Å². The zero-order chi connectivity index (χ0) is 14.7. The number of rotatable bonds is 5. The van der Waals surface area contributed by atoms with Crippen molar-refractivity contribution in [2.45, 2.75) is 32.7 Å². The molecule has 2 aromatic rings. The normalized spacial score (nSPS) is 14.6. The Kier molecular flexibility index (Phi) is 4.26. The molecule has 2 nitrogen and oxygen atoms in total. The number of aryl methyl sites for hydroxylation is 1. The molecule has 1 N–H and O–H groups in total. The van der Waals surface area contributed by atoms with Crippen LogP contribution in [0.2, 0.25) is 0 Å². The molecule has 0 bridgehead atoms. The Morgan fingerprint density at radius 1 is 1.19 bits per heavy atom. The van der Waals surface area contributed by atoms with Gasteiger partial charge in [-0.3, -0.25) is 0 Å². The molecular weight excluding hydrogens is 258 g/mol. The lowest BCUT2D eigenvalue weighted by molar-refractivity contribution is 0.356. The van der Waals surface area contributed by atoms with Crippen LogP contribution in [0.15, 0.2) is 42.5 Å². The van der Waals surface area contributed by atoms with Crippen molar-refractivity contribution in [2.75, 3.05) is 13.2 Å². The van der Waals surface area contributed by atoms with E-state index < -0.39 is 0 Å². The van der Waals surface area contributed by atoms with Gasteiger partial charge in [0, 0.05) is 12.5 Å². The SMILES string of the molecule is CCNC(Cc1cccc(C)c1)c1ccc2c(c1)CCO2. The number of likely N-dealkylation sites (N-methyl/N-ethyl adjacent to an activating group) is 1. The van der Waals surface area contributed by atoms with Gasteiger partial charge in [0.1, 0.15) is 5.75 Å². The Labute approximate surface area is 127 Å². The van der Waals surface area contributed by atoms with E-state index in [4.69, 9.17) is 4.74 Å². The van der Waals surface area contributed by atoms with Crippen LogP contribution in [0.5, 0.6) is 5.75 Å². The largest absolute Gasteiger partial charge is 0.493 e. The van der Waals surface area contributed by atoms with Gasteiger partial charge in [-0.15, -0.1) is 0 Å². The van der Waals surface area contributed by atoms with Crippen molar-refractivity contribution in [3.05, 3.63) is 64.7 Å². The van der Waals surface area contributed by atoms with Crippen molar-refractivity contribution in [1.29, 1.82) is 0 Å². The molecule has 0 fully saturated rings. The minimum Gasteiger partial charge on any atom is -0.493 e. The molecule has 0 spiro atoms. The van der Waals surface area contributed by atoms with E-state index in [9.17, 15) is 0 Å². The molecule has 2 heteroatoms. The molecule has 0 radical (unpaired) electrons. The van der Waals surface area contributed by atoms with Gasteiger partial charge in [0.15, 0.2) is 0 Å². The highest BCUT2D eigenvalue weighted by atomic mass is 16.5. The number of hydrogen-bond acceptors (Lipinski definition) is 2. The van der Waals surface area contributed by atoms with E-state index in [0.717, 1.165) is 31.7 Å². The standard InChI is InChI=1S/C19H23NO/c1-3-20-18(12-15-6-4-5-14(2)11-15)16-7-8-19-17(13-16)9-10-21-19/h4-8,11,13,18,20H,3,9-10,12H2,1-2H3. The lowest BCUT2D eigenvalue weighted by Crippen LogP contribution is -2.23. The first kappa shape index (κ1) is 14.2. The van der Waals surface area contributed by atoms with Crippen LogP contribution in [0.1, 0.15) is 35.2 Å². The summed E-state index contributed by atoms with van der Waals surface area (Å²) in [5, 5.41) is 3.62. The maximum Gasteiger partial charge on any atom is 0.122 e. The summed E-state index contributed by atoms with van der Waals surface area (Å²) >= 11 is 0. The van der Waals surface area contributed by atoms with E-state index >= 15 is 0 Å². The molecule has 2 aromatic carbocycles. The van der Waals surface area contributed by atoms with Gasteiger partial charge in [-0.2, -0.15) is 0 Å². The molecule has 0 saturated heterocycles. The maximum absolute atomic E-state index is 5.61. The van der Waals surface area contributed by atoms with Crippen molar-refractivity contribution >= 4 is 0 Å². The zero-order valence-electron chi connectivity index (χ0n) is 12.9. The number of hydrogen-bond donors (Lipinski definition) is 1. The predicted molar refractivity (Wildman–Crippen MR) is 86.9 cm³/mol. The van der Waals surface area contributed by atoms with Gasteiger partial charge in [-0.25, -0.2) is 0 Å². The van der Waals surface area contributed by atoms with Crippen LogP contribution >= 0.6 is 0 Å². The third kappa shape index (κ3) is 3.27. The van der Waals surface area contributed by atoms with E-state index in [-0.39, 0.29) is 0 Å². The Morgan fingerprint density at radius 2 is 2.10 bits per heavy atom. The van der Waals surface area contributed by atoms with Crippen LogP contribution < -0.4 is 10.1 Å². The maximum atomic E-state index is 5.61. The molecule has 0 aromatic heterocycles. The van der Waals surface area contributed by atoms with Crippen LogP contribution in [-0.2, 0) is 12.8 Å². The third-order valence-electron chi connectivity index (χ3n) is 4.09. The number of fused-ring (bicyclic) bond motifs is 1. The van der Waals surface area contributed by atoms with Crippen molar-refractivity contribution in [3.63, 3.8) is 0 Å². The molecule has 1 atom stereocenters. The van der Waals surface area contributed by atoms with Crippen LogP contribution in [-0.4, -0.2) is 13.2 Å². The van der Waals surface area contributed by atoms with Gasteiger partial charge >= 0.3 is 0 Å². The summed E-state index contributed by atoms with van der Waals surface area (Å²) in [5.74, 6) is 1.06. The number of ether oxygens (including phenoxy) is 1. The third-order valence-corrected chi connectivity index (χ3v) is 4.09. The van der Waals surface area contributed by atoms with Crippen LogP contribution in [0.25, 0.3) is 0 Å². The lowest BCUT2D eigenvalue weighted by atomic mass is 9.96. The minimum atomic E-state index is 0.364. The second-order valence-corrected chi connectivity index (χ2v) is 5.77. The average molecular weight is 281 g/mol. The molecule has 110 valence electrons. The van der Waals surface area contributed by atoms with Gasteiger partial charge in [-0.05, 0) is 42.6 Å². The van der Waals surface area contributed by atoms with E-state index in [1.54, 1.807) is 0 Å². The summed E-state index contributed by atoms with van der Waals surface area (Å²) in [7, 11) is 0. The van der Waals surface area contributed by atoms with Gasteiger partial charge in [0.25, 0.3) is 0 Å². The van der Waals surface area contributed by atoms with Gasteiger partial charge in [0.2, 0.25) is 0 Å². The summed E-state index contributed by atoms with van der Waals surface area (Å²) in [5.41, 5.74) is 5.42.